The zero-order valence-corrected chi connectivity index (χ0v) is 14.5. The molecule has 0 aliphatic rings. The lowest BCUT2D eigenvalue weighted by Gasteiger charge is -2.12. The van der Waals surface area contributed by atoms with Gasteiger partial charge in [0.2, 0.25) is 0 Å². The molecule has 0 aliphatic carbocycles. The Hall–Kier alpha value is -2.09. The van der Waals surface area contributed by atoms with Crippen LogP contribution in [0.3, 0.4) is 0 Å². The summed E-state index contributed by atoms with van der Waals surface area (Å²) in [6, 6.07) is 6.72. The van der Waals surface area contributed by atoms with Crippen molar-refractivity contribution in [1.29, 1.82) is 0 Å². The molecule has 0 aromatic heterocycles. The van der Waals surface area contributed by atoms with Crippen molar-refractivity contribution in [3.05, 3.63) is 28.7 Å². The third-order valence-corrected chi connectivity index (χ3v) is 3.22. The van der Waals surface area contributed by atoms with Gasteiger partial charge in [0.15, 0.2) is 6.10 Å². The van der Waals surface area contributed by atoms with Gasteiger partial charge in [-0.2, -0.15) is 0 Å². The average molecular weight is 387 g/mol. The minimum absolute atomic E-state index is 0.117. The van der Waals surface area contributed by atoms with Gasteiger partial charge in [-0.3, -0.25) is 14.9 Å². The molecule has 1 aromatic carbocycles. The summed E-state index contributed by atoms with van der Waals surface area (Å²) in [5.74, 6) is -0.503. The molecular weight excluding hydrogens is 368 g/mol. The fourth-order valence-electron chi connectivity index (χ4n) is 1.55. The summed E-state index contributed by atoms with van der Waals surface area (Å²) < 4.78 is 11.3. The summed E-state index contributed by atoms with van der Waals surface area (Å²) in [5, 5.41) is 4.27. The number of amides is 3. The summed E-state index contributed by atoms with van der Waals surface area (Å²) in [6.45, 7) is 1.75. The zero-order valence-electron chi connectivity index (χ0n) is 12.9. The number of imide groups is 1. The van der Waals surface area contributed by atoms with Crippen LogP contribution in [0.4, 0.5) is 4.79 Å². The molecule has 126 valence electrons. The normalized spacial score (nSPS) is 11.3. The van der Waals surface area contributed by atoms with E-state index in [0.29, 0.717) is 18.8 Å². The first kappa shape index (κ1) is 19.0. The van der Waals surface area contributed by atoms with Gasteiger partial charge in [0.1, 0.15) is 5.75 Å². The van der Waals surface area contributed by atoms with Crippen LogP contribution in [0, 0.1) is 0 Å². The van der Waals surface area contributed by atoms with Crippen LogP contribution >= 0.6 is 15.9 Å². The third kappa shape index (κ3) is 7.64. The van der Waals surface area contributed by atoms with Crippen LogP contribution in [0.1, 0.15) is 19.8 Å². The van der Waals surface area contributed by atoms with E-state index in [2.05, 4.69) is 21.2 Å². The van der Waals surface area contributed by atoms with Crippen molar-refractivity contribution < 1.29 is 23.9 Å². The molecule has 1 atom stereocenters. The Bertz CT molecular complexity index is 565. The van der Waals surface area contributed by atoms with E-state index >= 15 is 0 Å². The first-order valence-corrected chi connectivity index (χ1v) is 7.82. The summed E-state index contributed by atoms with van der Waals surface area (Å²) in [7, 11) is 1.38. The zero-order chi connectivity index (χ0) is 17.2. The second-order valence-electron chi connectivity index (χ2n) is 4.61. The van der Waals surface area contributed by atoms with Gasteiger partial charge in [-0.1, -0.05) is 22.0 Å². The van der Waals surface area contributed by atoms with Crippen LogP contribution in [0.25, 0.3) is 0 Å². The molecule has 0 fully saturated rings. The van der Waals surface area contributed by atoms with Crippen LogP contribution in [-0.2, 0) is 14.3 Å². The highest BCUT2D eigenvalue weighted by Gasteiger charge is 2.19. The van der Waals surface area contributed by atoms with Crippen molar-refractivity contribution in [2.45, 2.75) is 25.9 Å². The Morgan fingerprint density at radius 1 is 1.30 bits per heavy atom. The SMILES string of the molecule is CNC(=O)NC(=O)[C@@H](C)OC(=O)CCCOc1cccc(Br)c1. The molecular formula is C15H19BrN2O5. The molecule has 1 rings (SSSR count). The van der Waals surface area contributed by atoms with Gasteiger partial charge in [0, 0.05) is 17.9 Å². The van der Waals surface area contributed by atoms with Gasteiger partial charge in [-0.05, 0) is 31.5 Å². The molecule has 0 spiro atoms. The highest BCUT2D eigenvalue weighted by atomic mass is 79.9. The number of carbonyl (C=O) groups is 3. The Morgan fingerprint density at radius 2 is 2.04 bits per heavy atom. The first-order valence-electron chi connectivity index (χ1n) is 7.02. The number of hydrogen-bond acceptors (Lipinski definition) is 5. The quantitative estimate of drug-likeness (QED) is 0.551. The summed E-state index contributed by atoms with van der Waals surface area (Å²) in [4.78, 5) is 34.1. The number of halogens is 1. The largest absolute Gasteiger partial charge is 0.494 e. The predicted molar refractivity (Wildman–Crippen MR) is 87.0 cm³/mol. The number of carbonyl (C=O) groups excluding carboxylic acids is 3. The Kier molecular flexibility index (Phi) is 8.10. The molecule has 8 heteroatoms. The molecule has 1 aromatic rings. The van der Waals surface area contributed by atoms with E-state index in [0.717, 1.165) is 4.47 Å². The molecule has 7 nitrogen and oxygen atoms in total. The van der Waals surface area contributed by atoms with E-state index in [4.69, 9.17) is 9.47 Å². The van der Waals surface area contributed by atoms with Gasteiger partial charge in [0.05, 0.1) is 6.61 Å². The minimum Gasteiger partial charge on any atom is -0.494 e. The molecule has 0 heterocycles. The molecule has 0 radical (unpaired) electrons. The molecule has 23 heavy (non-hydrogen) atoms. The fourth-order valence-corrected chi connectivity index (χ4v) is 1.93. The smallest absolute Gasteiger partial charge is 0.321 e. The van der Waals surface area contributed by atoms with E-state index in [9.17, 15) is 14.4 Å². The average Bonchev–Trinajstić information content (AvgIpc) is 2.51. The summed E-state index contributed by atoms with van der Waals surface area (Å²) >= 11 is 3.34. The molecule has 0 bridgehead atoms. The van der Waals surface area contributed by atoms with Gasteiger partial charge < -0.3 is 14.8 Å². The molecule has 0 aliphatic heterocycles. The van der Waals surface area contributed by atoms with Gasteiger partial charge in [0.25, 0.3) is 5.91 Å². The molecule has 0 saturated heterocycles. The van der Waals surface area contributed by atoms with Crippen LogP contribution < -0.4 is 15.4 Å². The number of nitrogens with one attached hydrogen (secondary N) is 2. The molecule has 3 amide bonds. The fraction of sp³-hybridized carbons (Fsp3) is 0.400. The van der Waals surface area contributed by atoms with Crippen LogP contribution in [0.15, 0.2) is 28.7 Å². The molecule has 0 saturated carbocycles. The highest BCUT2D eigenvalue weighted by molar-refractivity contribution is 9.10. The maximum absolute atomic E-state index is 11.6. The van der Waals surface area contributed by atoms with E-state index in [1.807, 2.05) is 29.6 Å². The number of benzene rings is 1. The van der Waals surface area contributed by atoms with Crippen LogP contribution in [0.2, 0.25) is 0 Å². The maximum atomic E-state index is 11.6. The predicted octanol–water partition coefficient (Wildman–Crippen LogP) is 2.00. The Morgan fingerprint density at radius 3 is 2.70 bits per heavy atom. The Balaban J connectivity index is 2.23. The lowest BCUT2D eigenvalue weighted by molar-refractivity contribution is -0.154. The van der Waals surface area contributed by atoms with Gasteiger partial charge >= 0.3 is 12.0 Å². The summed E-state index contributed by atoms with van der Waals surface area (Å²) in [5.41, 5.74) is 0. The van der Waals surface area contributed by atoms with Crippen molar-refractivity contribution >= 4 is 33.8 Å². The van der Waals surface area contributed by atoms with Gasteiger partial charge in [-0.15, -0.1) is 0 Å². The second kappa shape index (κ2) is 9.83. The van der Waals surface area contributed by atoms with E-state index in [1.165, 1.54) is 14.0 Å². The van der Waals surface area contributed by atoms with Gasteiger partial charge in [-0.25, -0.2) is 4.79 Å². The third-order valence-electron chi connectivity index (χ3n) is 2.73. The van der Waals surface area contributed by atoms with Crippen molar-refractivity contribution in [1.82, 2.24) is 10.6 Å². The van der Waals surface area contributed by atoms with Crippen molar-refractivity contribution in [2.75, 3.05) is 13.7 Å². The standard InChI is InChI=1S/C15H19BrN2O5/c1-10(14(20)18-15(21)17-2)23-13(19)7-4-8-22-12-6-3-5-11(16)9-12/h3,5-6,9-10H,4,7-8H2,1-2H3,(H2,17,18,20,21)/t10-/m1/s1. The van der Waals surface area contributed by atoms with E-state index in [1.54, 1.807) is 0 Å². The lowest BCUT2D eigenvalue weighted by Crippen LogP contribution is -2.43. The molecule has 0 unspecified atom stereocenters. The second-order valence-corrected chi connectivity index (χ2v) is 5.53. The van der Waals surface area contributed by atoms with E-state index < -0.39 is 24.0 Å². The first-order chi connectivity index (χ1) is 10.9. The number of esters is 1. The summed E-state index contributed by atoms with van der Waals surface area (Å²) in [6.07, 6.45) is -0.466. The number of urea groups is 1. The number of hydrogen-bond donors (Lipinski definition) is 2. The monoisotopic (exact) mass is 386 g/mol. The van der Waals surface area contributed by atoms with Crippen molar-refractivity contribution in [3.8, 4) is 5.75 Å². The van der Waals surface area contributed by atoms with Crippen LogP contribution in [0.5, 0.6) is 5.75 Å². The highest BCUT2D eigenvalue weighted by Crippen LogP contribution is 2.17. The molecule has 2 N–H and O–H groups in total. The van der Waals surface area contributed by atoms with Crippen LogP contribution in [-0.4, -0.2) is 37.7 Å². The number of ether oxygens (including phenoxy) is 2. The van der Waals surface area contributed by atoms with E-state index in [-0.39, 0.29) is 6.42 Å². The van der Waals surface area contributed by atoms with Crippen molar-refractivity contribution in [3.63, 3.8) is 0 Å². The topological polar surface area (TPSA) is 93.7 Å². The lowest BCUT2D eigenvalue weighted by atomic mass is 10.3. The maximum Gasteiger partial charge on any atom is 0.321 e. The number of rotatable bonds is 7. The Labute approximate surface area is 142 Å². The van der Waals surface area contributed by atoms with Crippen molar-refractivity contribution in [2.24, 2.45) is 0 Å². The minimum atomic E-state index is -1.04.